The molecule has 0 saturated carbocycles. The van der Waals surface area contributed by atoms with Crippen molar-refractivity contribution in [1.29, 1.82) is 0 Å². The number of ether oxygens (including phenoxy) is 1. The molecule has 0 saturated heterocycles. The maximum Gasteiger partial charge on any atom is 0.173 e. The van der Waals surface area contributed by atoms with Crippen LogP contribution in [0.5, 0.6) is 5.75 Å². The van der Waals surface area contributed by atoms with Crippen LogP contribution in [0.3, 0.4) is 0 Å². The molecule has 2 rings (SSSR count). The minimum absolute atomic E-state index is 0.0734. The van der Waals surface area contributed by atoms with Crippen molar-refractivity contribution in [2.45, 2.75) is 0 Å². The number of halogens is 2. The molecule has 0 radical (unpaired) electrons. The third-order valence-corrected chi connectivity index (χ3v) is 2.44. The number of benzene rings is 2. The van der Waals surface area contributed by atoms with Crippen LogP contribution in [0.15, 0.2) is 36.4 Å². The molecule has 0 unspecified atom stereocenters. The van der Waals surface area contributed by atoms with Gasteiger partial charge in [0, 0.05) is 17.3 Å². The fourth-order valence-electron chi connectivity index (χ4n) is 1.61. The molecule has 0 heterocycles. The zero-order valence-corrected chi connectivity index (χ0v) is 9.21. The fourth-order valence-corrected chi connectivity index (χ4v) is 1.61. The Morgan fingerprint density at radius 3 is 2.29 bits per heavy atom. The van der Waals surface area contributed by atoms with Crippen LogP contribution >= 0.6 is 0 Å². The molecule has 0 bridgehead atoms. The highest BCUT2D eigenvalue weighted by Crippen LogP contribution is 2.31. The summed E-state index contributed by atoms with van der Waals surface area (Å²) in [7, 11) is 1.37. The maximum atomic E-state index is 14.0. The molecular weight excluding hydrogens is 224 g/mol. The van der Waals surface area contributed by atoms with Gasteiger partial charge >= 0.3 is 0 Å². The lowest BCUT2D eigenvalue weighted by Gasteiger charge is -2.09. The van der Waals surface area contributed by atoms with Gasteiger partial charge in [0.1, 0.15) is 5.82 Å². The van der Waals surface area contributed by atoms with Crippen LogP contribution in [-0.4, -0.2) is 7.11 Å². The van der Waals surface area contributed by atoms with Gasteiger partial charge in [-0.2, -0.15) is 0 Å². The van der Waals surface area contributed by atoms with Gasteiger partial charge in [0.15, 0.2) is 11.6 Å². The van der Waals surface area contributed by atoms with Gasteiger partial charge in [-0.3, -0.25) is 0 Å². The first-order valence-electron chi connectivity index (χ1n) is 5.01. The van der Waals surface area contributed by atoms with Crippen LogP contribution in [0.4, 0.5) is 14.5 Å². The van der Waals surface area contributed by atoms with Gasteiger partial charge in [-0.1, -0.05) is 12.1 Å². The molecule has 0 aromatic heterocycles. The van der Waals surface area contributed by atoms with Gasteiger partial charge in [-0.25, -0.2) is 8.78 Å². The van der Waals surface area contributed by atoms with Gasteiger partial charge in [0.25, 0.3) is 0 Å². The van der Waals surface area contributed by atoms with E-state index in [1.54, 1.807) is 0 Å². The topological polar surface area (TPSA) is 35.2 Å². The second-order valence-electron chi connectivity index (χ2n) is 3.59. The van der Waals surface area contributed by atoms with Crippen molar-refractivity contribution in [1.82, 2.24) is 0 Å². The normalized spacial score (nSPS) is 10.3. The summed E-state index contributed by atoms with van der Waals surface area (Å²) in [5, 5.41) is 0. The summed E-state index contributed by atoms with van der Waals surface area (Å²) >= 11 is 0. The minimum Gasteiger partial charge on any atom is -0.494 e. The molecule has 0 aliphatic carbocycles. The second-order valence-corrected chi connectivity index (χ2v) is 3.59. The standard InChI is InChI=1S/C13H11F2NO/c1-17-12-7-10(16)6-11(13(12)15)8-2-4-9(14)5-3-8/h2-7H,16H2,1H3. The lowest BCUT2D eigenvalue weighted by molar-refractivity contribution is 0.387. The lowest BCUT2D eigenvalue weighted by Crippen LogP contribution is -1.95. The molecule has 2 nitrogen and oxygen atoms in total. The van der Waals surface area contributed by atoms with E-state index in [-0.39, 0.29) is 11.6 Å². The first-order chi connectivity index (χ1) is 8.11. The molecule has 88 valence electrons. The molecule has 0 aliphatic heterocycles. The van der Waals surface area contributed by atoms with Crippen LogP contribution in [0.2, 0.25) is 0 Å². The predicted molar refractivity (Wildman–Crippen MR) is 62.8 cm³/mol. The molecule has 2 aromatic carbocycles. The SMILES string of the molecule is COc1cc(N)cc(-c2ccc(F)cc2)c1F. The number of hydrogen-bond donors (Lipinski definition) is 1. The Morgan fingerprint density at radius 1 is 1.06 bits per heavy atom. The molecule has 2 N–H and O–H groups in total. The summed E-state index contributed by atoms with van der Waals surface area (Å²) in [6.45, 7) is 0. The molecular formula is C13H11F2NO. The zero-order valence-electron chi connectivity index (χ0n) is 9.21. The van der Waals surface area contributed by atoms with Crippen LogP contribution in [0, 0.1) is 11.6 Å². The van der Waals surface area contributed by atoms with E-state index in [2.05, 4.69) is 0 Å². The van der Waals surface area contributed by atoms with E-state index in [0.29, 0.717) is 16.8 Å². The molecule has 0 atom stereocenters. The Morgan fingerprint density at radius 2 is 1.71 bits per heavy atom. The quantitative estimate of drug-likeness (QED) is 0.811. The Kier molecular flexibility index (Phi) is 2.95. The third kappa shape index (κ3) is 2.20. The van der Waals surface area contributed by atoms with Crippen molar-refractivity contribution in [3.05, 3.63) is 48.0 Å². The summed E-state index contributed by atoms with van der Waals surface area (Å²) in [6, 6.07) is 8.42. The summed E-state index contributed by atoms with van der Waals surface area (Å²) in [5.41, 5.74) is 6.89. The highest BCUT2D eigenvalue weighted by atomic mass is 19.1. The zero-order chi connectivity index (χ0) is 12.4. The van der Waals surface area contributed by atoms with Gasteiger partial charge in [-0.15, -0.1) is 0 Å². The summed E-state index contributed by atoms with van der Waals surface area (Å²) in [5.74, 6) is -0.803. The van der Waals surface area contributed by atoms with E-state index in [0.717, 1.165) is 0 Å². The molecule has 0 aliphatic rings. The Labute approximate surface area is 97.6 Å². The van der Waals surface area contributed by atoms with Gasteiger partial charge in [0.05, 0.1) is 7.11 Å². The van der Waals surface area contributed by atoms with Crippen molar-refractivity contribution in [2.24, 2.45) is 0 Å². The third-order valence-electron chi connectivity index (χ3n) is 2.44. The number of rotatable bonds is 2. The maximum absolute atomic E-state index is 14.0. The van der Waals surface area contributed by atoms with Crippen molar-refractivity contribution < 1.29 is 13.5 Å². The minimum atomic E-state index is -0.506. The van der Waals surface area contributed by atoms with Crippen molar-refractivity contribution in [2.75, 3.05) is 12.8 Å². The van der Waals surface area contributed by atoms with Gasteiger partial charge in [0.2, 0.25) is 0 Å². The van der Waals surface area contributed by atoms with Crippen LogP contribution < -0.4 is 10.5 Å². The number of hydrogen-bond acceptors (Lipinski definition) is 2. The Hall–Kier alpha value is -2.10. The summed E-state index contributed by atoms with van der Waals surface area (Å²) < 4.78 is 31.6. The van der Waals surface area contributed by atoms with E-state index in [9.17, 15) is 8.78 Å². The van der Waals surface area contributed by atoms with E-state index in [1.807, 2.05) is 0 Å². The predicted octanol–water partition coefficient (Wildman–Crippen LogP) is 3.22. The van der Waals surface area contributed by atoms with Crippen LogP contribution in [-0.2, 0) is 0 Å². The lowest BCUT2D eigenvalue weighted by atomic mass is 10.0. The first-order valence-corrected chi connectivity index (χ1v) is 5.01. The average molecular weight is 235 g/mol. The summed E-state index contributed by atoms with van der Waals surface area (Å²) in [4.78, 5) is 0. The van der Waals surface area contributed by atoms with E-state index in [4.69, 9.17) is 10.5 Å². The fraction of sp³-hybridized carbons (Fsp3) is 0.0769. The molecule has 0 amide bonds. The van der Waals surface area contributed by atoms with Gasteiger partial charge < -0.3 is 10.5 Å². The monoisotopic (exact) mass is 235 g/mol. The number of anilines is 1. The smallest absolute Gasteiger partial charge is 0.173 e. The first kappa shape index (κ1) is 11.4. The van der Waals surface area contributed by atoms with Crippen molar-refractivity contribution >= 4 is 5.69 Å². The molecule has 0 fully saturated rings. The van der Waals surface area contributed by atoms with Crippen molar-refractivity contribution in [3.8, 4) is 16.9 Å². The summed E-state index contributed by atoms with van der Waals surface area (Å²) in [6.07, 6.45) is 0. The number of nitrogen functional groups attached to an aromatic ring is 1. The molecule has 0 spiro atoms. The Bertz CT molecular complexity index is 538. The second kappa shape index (κ2) is 4.41. The largest absolute Gasteiger partial charge is 0.494 e. The highest BCUT2D eigenvalue weighted by molar-refractivity contribution is 5.70. The Balaban J connectivity index is 2.58. The average Bonchev–Trinajstić information content (AvgIpc) is 2.33. The van der Waals surface area contributed by atoms with E-state index < -0.39 is 5.82 Å². The highest BCUT2D eigenvalue weighted by Gasteiger charge is 2.12. The molecule has 4 heteroatoms. The van der Waals surface area contributed by atoms with E-state index in [1.165, 1.54) is 43.5 Å². The molecule has 2 aromatic rings. The van der Waals surface area contributed by atoms with Crippen LogP contribution in [0.25, 0.3) is 11.1 Å². The van der Waals surface area contributed by atoms with E-state index >= 15 is 0 Å². The van der Waals surface area contributed by atoms with Gasteiger partial charge in [-0.05, 0) is 23.8 Å². The van der Waals surface area contributed by atoms with Crippen LogP contribution in [0.1, 0.15) is 0 Å². The number of nitrogens with two attached hydrogens (primary N) is 1. The number of methoxy groups -OCH3 is 1. The van der Waals surface area contributed by atoms with Crippen molar-refractivity contribution in [3.63, 3.8) is 0 Å². The molecule has 17 heavy (non-hydrogen) atoms.